The Bertz CT molecular complexity index is 2040. The highest BCUT2D eigenvalue weighted by atomic mass is 35.5. The van der Waals surface area contributed by atoms with E-state index < -0.39 is 22.2 Å². The zero-order valence-corrected chi connectivity index (χ0v) is 31.1. The van der Waals surface area contributed by atoms with Gasteiger partial charge in [-0.2, -0.15) is 0 Å². The first kappa shape index (κ1) is 38.4. The number of fused-ring (bicyclic) bond motifs is 1. The second-order valence-electron chi connectivity index (χ2n) is 12.9. The van der Waals surface area contributed by atoms with Crippen molar-refractivity contribution in [2.45, 2.75) is 58.2 Å². The second-order valence-corrected chi connectivity index (χ2v) is 15.0. The summed E-state index contributed by atoms with van der Waals surface area (Å²) in [5, 5.41) is 2.82. The molecular formula is C39H40ClF2N3O4S2. The van der Waals surface area contributed by atoms with E-state index in [1.807, 2.05) is 75.5 Å². The highest BCUT2D eigenvalue weighted by Gasteiger charge is 2.27. The smallest absolute Gasteiger partial charge is 0.227 e. The molecule has 0 aliphatic carbocycles. The van der Waals surface area contributed by atoms with E-state index in [4.69, 9.17) is 4.74 Å². The third-order valence-electron chi connectivity index (χ3n) is 8.65. The average Bonchev–Trinajstić information content (AvgIpc) is 3.48. The molecule has 1 amide bonds. The van der Waals surface area contributed by atoms with Crippen molar-refractivity contribution >= 4 is 62.4 Å². The number of rotatable bonds is 11. The molecule has 3 heterocycles. The number of carbonyl (C=O) groups excluding carboxylic acids is 2. The second kappa shape index (κ2) is 17.1. The summed E-state index contributed by atoms with van der Waals surface area (Å²) < 4.78 is 37.5. The molecule has 0 saturated carbocycles. The van der Waals surface area contributed by atoms with E-state index in [2.05, 4.69) is 10.2 Å². The van der Waals surface area contributed by atoms with E-state index in [9.17, 15) is 14.4 Å². The summed E-state index contributed by atoms with van der Waals surface area (Å²) in [4.78, 5) is 44.1. The van der Waals surface area contributed by atoms with Crippen LogP contribution in [0.25, 0.3) is 20.7 Å². The first-order chi connectivity index (χ1) is 24.1. The lowest BCUT2D eigenvalue weighted by atomic mass is 10.0. The van der Waals surface area contributed by atoms with Crippen LogP contribution in [0.5, 0.6) is 0 Å². The van der Waals surface area contributed by atoms with Gasteiger partial charge in [0, 0.05) is 47.9 Å². The van der Waals surface area contributed by atoms with Crippen molar-refractivity contribution < 1.29 is 23.1 Å². The molecule has 51 heavy (non-hydrogen) atoms. The van der Waals surface area contributed by atoms with Gasteiger partial charge in [0.15, 0.2) is 0 Å². The molecule has 1 aliphatic rings. The number of nitrogens with one attached hydrogen (secondary N) is 1. The number of carbonyl (C=O) groups is 2. The third kappa shape index (κ3) is 8.96. The van der Waals surface area contributed by atoms with Crippen molar-refractivity contribution in [3.8, 4) is 10.4 Å². The number of thiophene rings is 1. The van der Waals surface area contributed by atoms with Crippen LogP contribution < -0.4 is 10.7 Å². The molecule has 7 nitrogen and oxygen atoms in total. The van der Waals surface area contributed by atoms with Crippen LogP contribution in [0.4, 0.5) is 14.5 Å². The molecule has 0 spiro atoms. The van der Waals surface area contributed by atoms with Gasteiger partial charge in [-0.05, 0) is 67.3 Å². The Balaban J connectivity index is 0.00000504. The highest BCUT2D eigenvalue weighted by Crippen LogP contribution is 2.40. The summed E-state index contributed by atoms with van der Waals surface area (Å²) in [6.45, 7) is 4.92. The lowest BCUT2D eigenvalue weighted by molar-refractivity contribution is -0.118. The molecule has 1 N–H and O–H groups in total. The van der Waals surface area contributed by atoms with Crippen LogP contribution >= 0.6 is 35.5 Å². The summed E-state index contributed by atoms with van der Waals surface area (Å²) in [7, 11) is 1.96. The van der Waals surface area contributed by atoms with Gasteiger partial charge in [0.1, 0.15) is 21.9 Å². The molecule has 5 aromatic rings. The topological polar surface area (TPSA) is 80.6 Å². The lowest BCUT2D eigenvalue weighted by Gasteiger charge is -2.21. The van der Waals surface area contributed by atoms with Crippen molar-refractivity contribution in [1.82, 2.24) is 9.47 Å². The number of ether oxygens (including phenoxy) is 1. The summed E-state index contributed by atoms with van der Waals surface area (Å²) in [5.74, 6) is -1.72. The first-order valence-corrected chi connectivity index (χ1v) is 18.4. The number of amides is 1. The van der Waals surface area contributed by atoms with E-state index in [1.165, 1.54) is 35.7 Å². The zero-order valence-electron chi connectivity index (χ0n) is 28.6. The van der Waals surface area contributed by atoms with Crippen molar-refractivity contribution in [1.29, 1.82) is 0 Å². The number of hydrogen-bond acceptors (Lipinski definition) is 7. The molecule has 268 valence electrons. The minimum Gasteiger partial charge on any atom is -0.367 e. The van der Waals surface area contributed by atoms with Crippen LogP contribution in [0.1, 0.15) is 60.2 Å². The molecular weight excluding hydrogens is 712 g/mol. The maximum absolute atomic E-state index is 15.1. The van der Waals surface area contributed by atoms with Crippen LogP contribution in [-0.2, 0) is 29.2 Å². The Labute approximate surface area is 310 Å². The highest BCUT2D eigenvalue weighted by molar-refractivity contribution is 8.14. The molecule has 1 unspecified atom stereocenters. The normalized spacial score (nSPS) is 14.5. The quantitative estimate of drug-likeness (QED) is 0.145. The fourth-order valence-electron chi connectivity index (χ4n) is 6.00. The van der Waals surface area contributed by atoms with E-state index in [0.717, 1.165) is 40.6 Å². The van der Waals surface area contributed by atoms with Gasteiger partial charge in [0.25, 0.3) is 0 Å². The van der Waals surface area contributed by atoms with Gasteiger partial charge in [-0.25, -0.2) is 8.78 Å². The first-order valence-electron chi connectivity index (χ1n) is 16.7. The maximum Gasteiger partial charge on any atom is 0.227 e. The Morgan fingerprint density at radius 2 is 1.69 bits per heavy atom. The fourth-order valence-corrected chi connectivity index (χ4v) is 8.25. The molecule has 1 saturated heterocycles. The number of thioether (sulfide) groups is 1. The van der Waals surface area contributed by atoms with E-state index >= 15 is 8.78 Å². The molecule has 2 aromatic heterocycles. The molecule has 0 radical (unpaired) electrons. The van der Waals surface area contributed by atoms with Crippen molar-refractivity contribution in [2.24, 2.45) is 5.92 Å². The average molecular weight is 752 g/mol. The lowest BCUT2D eigenvalue weighted by Crippen LogP contribution is -2.23. The summed E-state index contributed by atoms with van der Waals surface area (Å²) in [5.41, 5.74) is 2.23. The van der Waals surface area contributed by atoms with Crippen LogP contribution in [0.3, 0.4) is 0 Å². The Morgan fingerprint density at radius 1 is 0.980 bits per heavy atom. The third-order valence-corrected chi connectivity index (χ3v) is 11.0. The number of anilines is 1. The monoisotopic (exact) mass is 751 g/mol. The number of hydrogen-bond donors (Lipinski definition) is 1. The van der Waals surface area contributed by atoms with E-state index in [-0.39, 0.29) is 47.3 Å². The molecule has 6 rings (SSSR count). The predicted molar refractivity (Wildman–Crippen MR) is 205 cm³/mol. The standard InChI is InChI=1S/C39H39F2N3O4S2.ClH/c1-24(2)37(46)42-27-17-15-26(16-18-27)36-29(21-43(3)20-25-10-5-4-6-11-25)34-35(45)30(39(47)49-33-14-7-8-19-48-33)23-44(38(34)50-36)22-28-31(40)12-9-13-32(28)41;/h4-6,9-13,15-18,23-24,33H,7-8,14,19-22H2,1-3H3,(H,42,46);1H. The van der Waals surface area contributed by atoms with Crippen LogP contribution in [0.15, 0.2) is 83.8 Å². The molecule has 0 bridgehead atoms. The summed E-state index contributed by atoms with van der Waals surface area (Å²) >= 11 is 2.33. The van der Waals surface area contributed by atoms with Crippen LogP contribution in [-0.4, -0.2) is 39.6 Å². The molecule has 1 atom stereocenters. The Morgan fingerprint density at radius 3 is 2.33 bits per heavy atom. The fraction of sp³-hybridized carbons (Fsp3) is 0.308. The molecule has 1 aliphatic heterocycles. The minimum absolute atomic E-state index is 0. The van der Waals surface area contributed by atoms with Crippen molar-refractivity contribution in [3.05, 3.63) is 123 Å². The predicted octanol–water partition coefficient (Wildman–Crippen LogP) is 9.10. The van der Waals surface area contributed by atoms with Gasteiger partial charge in [0.2, 0.25) is 16.5 Å². The zero-order chi connectivity index (χ0) is 35.4. The Kier molecular flexibility index (Phi) is 12.9. The SMILES string of the molecule is CC(C)C(=O)Nc1ccc(-c2sc3c(c2CN(C)Cc2ccccc2)c(=O)c(C(=O)SC2CCCCO2)cn3Cc2c(F)cccc2F)cc1.Cl. The van der Waals surface area contributed by atoms with Gasteiger partial charge < -0.3 is 14.6 Å². The molecule has 12 heteroatoms. The number of halogens is 3. The Hall–Kier alpha value is -3.87. The van der Waals surface area contributed by atoms with E-state index in [1.54, 1.807) is 4.57 Å². The van der Waals surface area contributed by atoms with Crippen molar-refractivity contribution in [3.63, 3.8) is 0 Å². The molecule has 3 aromatic carbocycles. The van der Waals surface area contributed by atoms with Crippen LogP contribution in [0.2, 0.25) is 0 Å². The van der Waals surface area contributed by atoms with Crippen LogP contribution in [0, 0.1) is 17.6 Å². The summed E-state index contributed by atoms with van der Waals surface area (Å²) in [6, 6.07) is 21.1. The van der Waals surface area contributed by atoms with Gasteiger partial charge >= 0.3 is 0 Å². The van der Waals surface area contributed by atoms with Gasteiger partial charge in [-0.3, -0.25) is 19.3 Å². The maximum atomic E-state index is 15.1. The molecule has 1 fully saturated rings. The summed E-state index contributed by atoms with van der Waals surface area (Å²) in [6.07, 6.45) is 3.98. The number of aromatic nitrogens is 1. The number of nitrogens with zero attached hydrogens (tertiary/aromatic N) is 2. The van der Waals surface area contributed by atoms with Gasteiger partial charge in [0.05, 0.1) is 17.5 Å². The minimum atomic E-state index is -0.715. The van der Waals surface area contributed by atoms with Gasteiger partial charge in [-0.15, -0.1) is 23.7 Å². The number of pyridine rings is 1. The largest absolute Gasteiger partial charge is 0.367 e. The van der Waals surface area contributed by atoms with Gasteiger partial charge in [-0.1, -0.05) is 74.1 Å². The number of benzene rings is 3. The van der Waals surface area contributed by atoms with Crippen molar-refractivity contribution in [2.75, 3.05) is 19.0 Å². The van der Waals surface area contributed by atoms with E-state index in [0.29, 0.717) is 47.6 Å².